The van der Waals surface area contributed by atoms with Crippen LogP contribution in [0.25, 0.3) is 0 Å². The van der Waals surface area contributed by atoms with Crippen LogP contribution in [0.5, 0.6) is 0 Å². The molecular weight excluding hydrogens is 247 g/mol. The lowest BCUT2D eigenvalue weighted by Gasteiger charge is -2.25. The standard InChI is InChI=1S/C10H12BrFN2/c11-9-2-1-7(12)5-8(9)10-6-13-3-4-14-10/h1-2,5,10,13-14H,3-4,6H2/t10-/m1/s1. The third-order valence-electron chi connectivity index (χ3n) is 2.37. The zero-order chi connectivity index (χ0) is 9.97. The van der Waals surface area contributed by atoms with Gasteiger partial charge in [-0.1, -0.05) is 15.9 Å². The monoisotopic (exact) mass is 258 g/mol. The van der Waals surface area contributed by atoms with E-state index in [1.165, 1.54) is 6.07 Å². The molecule has 0 bridgehead atoms. The first-order valence-corrected chi connectivity index (χ1v) is 5.46. The summed E-state index contributed by atoms with van der Waals surface area (Å²) in [5.41, 5.74) is 0.984. The molecule has 0 amide bonds. The highest BCUT2D eigenvalue weighted by molar-refractivity contribution is 9.10. The van der Waals surface area contributed by atoms with Crippen molar-refractivity contribution in [3.8, 4) is 0 Å². The van der Waals surface area contributed by atoms with Crippen molar-refractivity contribution < 1.29 is 4.39 Å². The molecule has 0 unspecified atom stereocenters. The fourth-order valence-corrected chi connectivity index (χ4v) is 2.18. The fourth-order valence-electron chi connectivity index (χ4n) is 1.65. The van der Waals surface area contributed by atoms with E-state index in [-0.39, 0.29) is 11.9 Å². The SMILES string of the molecule is Fc1ccc(Br)c([C@H]2CNCCN2)c1. The fraction of sp³-hybridized carbons (Fsp3) is 0.400. The van der Waals surface area contributed by atoms with E-state index in [0.29, 0.717) is 0 Å². The van der Waals surface area contributed by atoms with E-state index in [4.69, 9.17) is 0 Å². The molecule has 1 saturated heterocycles. The third kappa shape index (κ3) is 2.13. The van der Waals surface area contributed by atoms with Gasteiger partial charge in [0.25, 0.3) is 0 Å². The van der Waals surface area contributed by atoms with E-state index >= 15 is 0 Å². The van der Waals surface area contributed by atoms with Gasteiger partial charge in [0, 0.05) is 30.1 Å². The maximum Gasteiger partial charge on any atom is 0.123 e. The summed E-state index contributed by atoms with van der Waals surface area (Å²) >= 11 is 3.43. The molecule has 76 valence electrons. The lowest BCUT2D eigenvalue weighted by Crippen LogP contribution is -2.42. The number of rotatable bonds is 1. The second kappa shape index (κ2) is 4.38. The topological polar surface area (TPSA) is 24.1 Å². The van der Waals surface area contributed by atoms with Gasteiger partial charge in [0.05, 0.1) is 0 Å². The largest absolute Gasteiger partial charge is 0.314 e. The van der Waals surface area contributed by atoms with Crippen LogP contribution in [0.15, 0.2) is 22.7 Å². The molecule has 2 nitrogen and oxygen atoms in total. The summed E-state index contributed by atoms with van der Waals surface area (Å²) in [6, 6.07) is 4.99. The molecule has 1 aromatic carbocycles. The summed E-state index contributed by atoms with van der Waals surface area (Å²) in [5, 5.41) is 6.62. The van der Waals surface area contributed by atoms with Crippen LogP contribution in [-0.4, -0.2) is 19.6 Å². The summed E-state index contributed by atoms with van der Waals surface area (Å²) in [7, 11) is 0. The minimum absolute atomic E-state index is 0.185. The molecule has 1 heterocycles. The van der Waals surface area contributed by atoms with E-state index in [1.807, 2.05) is 0 Å². The van der Waals surface area contributed by atoms with E-state index < -0.39 is 0 Å². The van der Waals surface area contributed by atoms with Gasteiger partial charge in [0.1, 0.15) is 5.82 Å². The van der Waals surface area contributed by atoms with Crippen molar-refractivity contribution in [3.63, 3.8) is 0 Å². The molecule has 4 heteroatoms. The Morgan fingerprint density at radius 2 is 2.21 bits per heavy atom. The predicted octanol–water partition coefficient (Wildman–Crippen LogP) is 1.82. The Balaban J connectivity index is 2.24. The normalized spacial score (nSPS) is 22.3. The zero-order valence-electron chi connectivity index (χ0n) is 7.69. The second-order valence-electron chi connectivity index (χ2n) is 3.38. The van der Waals surface area contributed by atoms with Gasteiger partial charge in [-0.3, -0.25) is 0 Å². The molecule has 1 atom stereocenters. The van der Waals surface area contributed by atoms with Crippen LogP contribution in [0.3, 0.4) is 0 Å². The molecule has 0 aliphatic carbocycles. The first kappa shape index (κ1) is 10.1. The van der Waals surface area contributed by atoms with Gasteiger partial charge in [-0.05, 0) is 23.8 Å². The number of piperazine rings is 1. The third-order valence-corrected chi connectivity index (χ3v) is 3.10. The van der Waals surface area contributed by atoms with Crippen molar-refractivity contribution >= 4 is 15.9 Å². The van der Waals surface area contributed by atoms with Crippen LogP contribution in [0, 0.1) is 5.82 Å². The molecule has 14 heavy (non-hydrogen) atoms. The van der Waals surface area contributed by atoms with Crippen LogP contribution in [0.2, 0.25) is 0 Å². The van der Waals surface area contributed by atoms with Gasteiger partial charge >= 0.3 is 0 Å². The molecule has 1 aliphatic rings. The van der Waals surface area contributed by atoms with Crippen LogP contribution in [-0.2, 0) is 0 Å². The van der Waals surface area contributed by atoms with Gasteiger partial charge in [-0.2, -0.15) is 0 Å². The molecule has 1 fully saturated rings. The summed E-state index contributed by atoms with van der Waals surface area (Å²) in [6.45, 7) is 2.75. The maximum absolute atomic E-state index is 13.0. The molecule has 0 spiro atoms. The van der Waals surface area contributed by atoms with Gasteiger partial charge in [0.2, 0.25) is 0 Å². The highest BCUT2D eigenvalue weighted by Crippen LogP contribution is 2.24. The van der Waals surface area contributed by atoms with Crippen molar-refractivity contribution in [2.45, 2.75) is 6.04 Å². The van der Waals surface area contributed by atoms with Crippen molar-refractivity contribution in [1.29, 1.82) is 0 Å². The smallest absolute Gasteiger partial charge is 0.123 e. The molecule has 1 aromatic rings. The Hall–Kier alpha value is -0.450. The van der Waals surface area contributed by atoms with E-state index in [9.17, 15) is 4.39 Å². The second-order valence-corrected chi connectivity index (χ2v) is 4.23. The molecule has 2 rings (SSSR count). The van der Waals surface area contributed by atoms with Gasteiger partial charge in [0.15, 0.2) is 0 Å². The minimum Gasteiger partial charge on any atom is -0.314 e. The lowest BCUT2D eigenvalue weighted by molar-refractivity contribution is 0.427. The van der Waals surface area contributed by atoms with Crippen molar-refractivity contribution in [3.05, 3.63) is 34.1 Å². The Kier molecular flexibility index (Phi) is 3.15. The van der Waals surface area contributed by atoms with Crippen LogP contribution in [0.1, 0.15) is 11.6 Å². The average molecular weight is 259 g/mol. The number of halogens is 2. The minimum atomic E-state index is -0.185. The summed E-state index contributed by atoms with van der Waals surface area (Å²) in [4.78, 5) is 0. The zero-order valence-corrected chi connectivity index (χ0v) is 9.27. The first-order valence-electron chi connectivity index (χ1n) is 4.66. The number of benzene rings is 1. The highest BCUT2D eigenvalue weighted by atomic mass is 79.9. The van der Waals surface area contributed by atoms with Crippen LogP contribution >= 0.6 is 15.9 Å². The predicted molar refractivity (Wildman–Crippen MR) is 57.7 cm³/mol. The van der Waals surface area contributed by atoms with Gasteiger partial charge in [-0.15, -0.1) is 0 Å². The van der Waals surface area contributed by atoms with Crippen LogP contribution in [0.4, 0.5) is 4.39 Å². The Morgan fingerprint density at radius 1 is 1.36 bits per heavy atom. The number of nitrogens with one attached hydrogen (secondary N) is 2. The summed E-state index contributed by atoms with van der Waals surface area (Å²) < 4.78 is 14.0. The Bertz CT molecular complexity index is 324. The molecule has 0 radical (unpaired) electrons. The van der Waals surface area contributed by atoms with E-state index in [0.717, 1.165) is 29.7 Å². The van der Waals surface area contributed by atoms with Gasteiger partial charge < -0.3 is 10.6 Å². The maximum atomic E-state index is 13.0. The highest BCUT2D eigenvalue weighted by Gasteiger charge is 2.16. The average Bonchev–Trinajstić information content (AvgIpc) is 2.23. The summed E-state index contributed by atoms with van der Waals surface area (Å²) in [6.07, 6.45) is 0. The van der Waals surface area contributed by atoms with Crippen molar-refractivity contribution in [2.75, 3.05) is 19.6 Å². The Labute approximate surface area is 91.0 Å². The van der Waals surface area contributed by atoms with E-state index in [2.05, 4.69) is 26.6 Å². The number of hydrogen-bond donors (Lipinski definition) is 2. The Morgan fingerprint density at radius 3 is 2.93 bits per heavy atom. The van der Waals surface area contributed by atoms with E-state index in [1.54, 1.807) is 12.1 Å². The molecule has 2 N–H and O–H groups in total. The molecular formula is C10H12BrFN2. The molecule has 0 saturated carbocycles. The quantitative estimate of drug-likeness (QED) is 0.803. The molecule has 0 aromatic heterocycles. The van der Waals surface area contributed by atoms with Crippen molar-refractivity contribution in [2.24, 2.45) is 0 Å². The van der Waals surface area contributed by atoms with Gasteiger partial charge in [-0.25, -0.2) is 4.39 Å². The lowest BCUT2D eigenvalue weighted by atomic mass is 10.1. The summed E-state index contributed by atoms with van der Waals surface area (Å²) in [5.74, 6) is -0.185. The van der Waals surface area contributed by atoms with Crippen molar-refractivity contribution in [1.82, 2.24) is 10.6 Å². The first-order chi connectivity index (χ1) is 6.77. The number of hydrogen-bond acceptors (Lipinski definition) is 2. The molecule has 1 aliphatic heterocycles. The van der Waals surface area contributed by atoms with Crippen LogP contribution < -0.4 is 10.6 Å².